The molecule has 1 heterocycles. The third-order valence-electron chi connectivity index (χ3n) is 3.22. The van der Waals surface area contributed by atoms with E-state index >= 15 is 0 Å². The molecule has 0 aliphatic heterocycles. The molecule has 2 rings (SSSR count). The Bertz CT molecular complexity index is 539. The van der Waals surface area contributed by atoms with Crippen molar-refractivity contribution >= 4 is 5.69 Å². The Morgan fingerprint density at radius 2 is 2.05 bits per heavy atom. The van der Waals surface area contributed by atoms with Gasteiger partial charge in [0, 0.05) is 19.2 Å². The number of nitrogens with one attached hydrogen (secondary N) is 1. The van der Waals surface area contributed by atoms with Gasteiger partial charge in [0.1, 0.15) is 11.6 Å². The molecule has 0 aliphatic carbocycles. The van der Waals surface area contributed by atoms with E-state index in [4.69, 9.17) is 4.42 Å². The van der Waals surface area contributed by atoms with Crippen LogP contribution in [0.4, 0.5) is 10.1 Å². The van der Waals surface area contributed by atoms with Crippen molar-refractivity contribution in [3.05, 3.63) is 53.7 Å². The van der Waals surface area contributed by atoms with Crippen LogP contribution in [0.5, 0.6) is 0 Å². The number of anilines is 1. The number of furan rings is 1. The minimum absolute atomic E-state index is 0.216. The molecular weight excluding hydrogens is 255 g/mol. The maximum atomic E-state index is 13.7. The van der Waals surface area contributed by atoms with Gasteiger partial charge in [-0.25, -0.2) is 4.39 Å². The van der Waals surface area contributed by atoms with Gasteiger partial charge in [0.15, 0.2) is 0 Å². The molecule has 0 unspecified atom stereocenters. The Morgan fingerprint density at radius 1 is 1.25 bits per heavy atom. The summed E-state index contributed by atoms with van der Waals surface area (Å²) in [7, 11) is 1.87. The highest BCUT2D eigenvalue weighted by Gasteiger charge is 2.12. The van der Waals surface area contributed by atoms with Crippen LogP contribution in [0.25, 0.3) is 0 Å². The summed E-state index contributed by atoms with van der Waals surface area (Å²) in [5.41, 5.74) is 1.71. The minimum Gasteiger partial charge on any atom is -0.467 e. The van der Waals surface area contributed by atoms with Gasteiger partial charge in [-0.15, -0.1) is 0 Å². The van der Waals surface area contributed by atoms with Crippen molar-refractivity contribution in [1.29, 1.82) is 0 Å². The van der Waals surface area contributed by atoms with E-state index in [0.717, 1.165) is 30.8 Å². The fourth-order valence-corrected chi connectivity index (χ4v) is 2.12. The maximum absolute atomic E-state index is 13.7. The van der Waals surface area contributed by atoms with Gasteiger partial charge in [-0.05, 0) is 31.2 Å². The molecule has 0 fully saturated rings. The van der Waals surface area contributed by atoms with Crippen molar-refractivity contribution in [3.8, 4) is 0 Å². The molecule has 0 bridgehead atoms. The van der Waals surface area contributed by atoms with E-state index in [0.29, 0.717) is 12.2 Å². The predicted octanol–water partition coefficient (Wildman–Crippen LogP) is 3.55. The number of nitrogens with zero attached hydrogens (tertiary/aromatic N) is 1. The van der Waals surface area contributed by atoms with Gasteiger partial charge in [-0.3, -0.25) is 0 Å². The van der Waals surface area contributed by atoms with Gasteiger partial charge in [-0.2, -0.15) is 0 Å². The first-order valence-corrected chi connectivity index (χ1v) is 6.94. The monoisotopic (exact) mass is 276 g/mol. The largest absolute Gasteiger partial charge is 0.467 e. The molecular formula is C16H21FN2O. The summed E-state index contributed by atoms with van der Waals surface area (Å²) >= 11 is 0. The lowest BCUT2D eigenvalue weighted by atomic mass is 10.2. The SMILES string of the molecule is CCCNCc1ccoc1CN(C)c1ccccc1F. The van der Waals surface area contributed by atoms with Gasteiger partial charge < -0.3 is 14.6 Å². The highest BCUT2D eigenvalue weighted by atomic mass is 19.1. The molecule has 4 heteroatoms. The zero-order valence-corrected chi connectivity index (χ0v) is 12.0. The molecule has 0 radical (unpaired) electrons. The average Bonchev–Trinajstić information content (AvgIpc) is 2.87. The summed E-state index contributed by atoms with van der Waals surface area (Å²) in [5.74, 6) is 0.659. The minimum atomic E-state index is -0.216. The van der Waals surface area contributed by atoms with E-state index in [9.17, 15) is 4.39 Å². The van der Waals surface area contributed by atoms with Crippen molar-refractivity contribution in [1.82, 2.24) is 5.32 Å². The molecule has 0 saturated heterocycles. The molecule has 1 N–H and O–H groups in total. The van der Waals surface area contributed by atoms with Crippen LogP contribution in [0.2, 0.25) is 0 Å². The first-order valence-electron chi connectivity index (χ1n) is 6.94. The van der Waals surface area contributed by atoms with E-state index in [-0.39, 0.29) is 5.82 Å². The van der Waals surface area contributed by atoms with Gasteiger partial charge in [0.05, 0.1) is 18.5 Å². The maximum Gasteiger partial charge on any atom is 0.146 e. The Balaban J connectivity index is 2.03. The number of hydrogen-bond donors (Lipinski definition) is 1. The zero-order chi connectivity index (χ0) is 14.4. The highest BCUT2D eigenvalue weighted by Crippen LogP contribution is 2.21. The molecule has 1 aromatic heterocycles. The molecule has 0 saturated carbocycles. The molecule has 1 aromatic carbocycles. The second-order valence-electron chi connectivity index (χ2n) is 4.85. The lowest BCUT2D eigenvalue weighted by Gasteiger charge is -2.19. The zero-order valence-electron chi connectivity index (χ0n) is 12.0. The van der Waals surface area contributed by atoms with Crippen LogP contribution in [0.15, 0.2) is 41.0 Å². The topological polar surface area (TPSA) is 28.4 Å². The second kappa shape index (κ2) is 7.10. The summed E-state index contributed by atoms with van der Waals surface area (Å²) in [4.78, 5) is 1.86. The first-order chi connectivity index (χ1) is 9.72. The second-order valence-corrected chi connectivity index (χ2v) is 4.85. The standard InChI is InChI=1S/C16H21FN2O/c1-3-9-18-11-13-8-10-20-16(13)12-19(2)15-7-5-4-6-14(15)17/h4-8,10,18H,3,9,11-12H2,1-2H3. The number of rotatable bonds is 7. The van der Waals surface area contributed by atoms with Gasteiger partial charge in [-0.1, -0.05) is 19.1 Å². The molecule has 0 atom stereocenters. The average molecular weight is 276 g/mol. The summed E-state index contributed by atoms with van der Waals surface area (Å²) in [6, 6.07) is 8.73. The van der Waals surface area contributed by atoms with Gasteiger partial charge >= 0.3 is 0 Å². The lowest BCUT2D eigenvalue weighted by Crippen LogP contribution is -2.20. The van der Waals surface area contributed by atoms with E-state index < -0.39 is 0 Å². The van der Waals surface area contributed by atoms with Crippen LogP contribution in [-0.2, 0) is 13.1 Å². The molecule has 0 aliphatic rings. The predicted molar refractivity (Wildman–Crippen MR) is 79.2 cm³/mol. The lowest BCUT2D eigenvalue weighted by molar-refractivity contribution is 0.497. The Hall–Kier alpha value is -1.81. The molecule has 3 nitrogen and oxygen atoms in total. The van der Waals surface area contributed by atoms with Crippen LogP contribution in [-0.4, -0.2) is 13.6 Å². The van der Waals surface area contributed by atoms with Crippen LogP contribution in [0.1, 0.15) is 24.7 Å². The molecule has 108 valence electrons. The third-order valence-corrected chi connectivity index (χ3v) is 3.22. The smallest absolute Gasteiger partial charge is 0.146 e. The first kappa shape index (κ1) is 14.6. The van der Waals surface area contributed by atoms with Crippen molar-refractivity contribution in [2.24, 2.45) is 0 Å². The molecule has 20 heavy (non-hydrogen) atoms. The van der Waals surface area contributed by atoms with Crippen molar-refractivity contribution < 1.29 is 8.81 Å². The Kier molecular flexibility index (Phi) is 5.18. The fraction of sp³-hybridized carbons (Fsp3) is 0.375. The third kappa shape index (κ3) is 3.61. The van der Waals surface area contributed by atoms with Gasteiger partial charge in [0.25, 0.3) is 0 Å². The number of benzene rings is 1. The molecule has 2 aromatic rings. The van der Waals surface area contributed by atoms with Crippen LogP contribution >= 0.6 is 0 Å². The summed E-state index contributed by atoms with van der Waals surface area (Å²) in [6.07, 6.45) is 2.79. The Morgan fingerprint density at radius 3 is 2.80 bits per heavy atom. The van der Waals surface area contributed by atoms with Crippen molar-refractivity contribution in [2.45, 2.75) is 26.4 Å². The molecule has 0 spiro atoms. The number of para-hydroxylation sites is 1. The summed E-state index contributed by atoms with van der Waals surface area (Å²) in [5, 5.41) is 3.35. The quantitative estimate of drug-likeness (QED) is 0.784. The molecule has 0 amide bonds. The van der Waals surface area contributed by atoms with E-state index in [1.54, 1.807) is 18.4 Å². The van der Waals surface area contributed by atoms with E-state index in [1.807, 2.05) is 24.1 Å². The fourth-order valence-electron chi connectivity index (χ4n) is 2.12. The van der Waals surface area contributed by atoms with Crippen LogP contribution in [0, 0.1) is 5.82 Å². The van der Waals surface area contributed by atoms with E-state index in [1.165, 1.54) is 6.07 Å². The summed E-state index contributed by atoms with van der Waals surface area (Å²) in [6.45, 7) is 4.45. The van der Waals surface area contributed by atoms with Gasteiger partial charge in [0.2, 0.25) is 0 Å². The van der Waals surface area contributed by atoms with Crippen LogP contribution < -0.4 is 10.2 Å². The normalized spacial score (nSPS) is 10.8. The highest BCUT2D eigenvalue weighted by molar-refractivity contribution is 5.47. The van der Waals surface area contributed by atoms with E-state index in [2.05, 4.69) is 12.2 Å². The van der Waals surface area contributed by atoms with Crippen LogP contribution in [0.3, 0.4) is 0 Å². The van der Waals surface area contributed by atoms with Crippen molar-refractivity contribution in [2.75, 3.05) is 18.5 Å². The number of halogens is 1. The number of hydrogen-bond acceptors (Lipinski definition) is 3. The summed E-state index contributed by atoms with van der Waals surface area (Å²) < 4.78 is 19.3. The Labute approximate surface area is 119 Å². The van der Waals surface area contributed by atoms with Crippen molar-refractivity contribution in [3.63, 3.8) is 0 Å².